The van der Waals surface area contributed by atoms with E-state index < -0.39 is 0 Å². The van der Waals surface area contributed by atoms with Crippen molar-refractivity contribution in [3.05, 3.63) is 180 Å². The average molecular weight is 699 g/mol. The van der Waals surface area contributed by atoms with Crippen molar-refractivity contribution in [2.45, 2.75) is 29.9 Å². The van der Waals surface area contributed by atoms with Crippen LogP contribution in [0.1, 0.15) is 28.6 Å². The molecular weight excluding hydrogens is 665 g/mol. The van der Waals surface area contributed by atoms with E-state index in [9.17, 15) is 0 Å². The van der Waals surface area contributed by atoms with E-state index in [0.29, 0.717) is 0 Å². The van der Waals surface area contributed by atoms with Crippen molar-refractivity contribution in [3.63, 3.8) is 0 Å². The van der Waals surface area contributed by atoms with Crippen LogP contribution in [0.5, 0.6) is 0 Å². The van der Waals surface area contributed by atoms with Crippen LogP contribution >= 0.6 is 11.8 Å². The summed E-state index contributed by atoms with van der Waals surface area (Å²) in [5.74, 6) is 3.87. The highest BCUT2D eigenvalue weighted by Gasteiger charge is 2.39. The third kappa shape index (κ3) is 4.54. The highest BCUT2D eigenvalue weighted by atomic mass is 32.2. The molecule has 0 radical (unpaired) electrons. The van der Waals surface area contributed by atoms with E-state index in [-0.39, 0.29) is 11.2 Å². The van der Waals surface area contributed by atoms with Crippen molar-refractivity contribution in [1.82, 2.24) is 0 Å². The molecule has 2 aliphatic rings. The van der Waals surface area contributed by atoms with E-state index in [1.165, 1.54) is 75.8 Å². The lowest BCUT2D eigenvalue weighted by Crippen LogP contribution is -2.14. The zero-order valence-corrected chi connectivity index (χ0v) is 30.2. The monoisotopic (exact) mass is 698 g/mol. The fourth-order valence-corrected chi connectivity index (χ4v) is 10.7. The van der Waals surface area contributed by atoms with E-state index in [1.807, 2.05) is 25.6 Å². The molecule has 2 nitrogen and oxygen atoms in total. The number of allylic oxidation sites excluding steroid dienone is 3. The summed E-state index contributed by atoms with van der Waals surface area (Å²) >= 11 is 2.01. The van der Waals surface area contributed by atoms with E-state index in [0.717, 1.165) is 34.2 Å². The summed E-state index contributed by atoms with van der Waals surface area (Å²) in [5, 5.41) is 10.1. The van der Waals surface area contributed by atoms with Gasteiger partial charge in [-0.25, -0.2) is 0 Å². The molecule has 1 aliphatic heterocycles. The fourth-order valence-electron chi connectivity index (χ4n) is 9.15. The van der Waals surface area contributed by atoms with Gasteiger partial charge in [0.1, 0.15) is 23.0 Å². The Balaban J connectivity index is 1.13. The van der Waals surface area contributed by atoms with Crippen LogP contribution in [-0.2, 0) is 0 Å². The first kappa shape index (κ1) is 30.6. The Hall–Kier alpha value is -6.03. The summed E-state index contributed by atoms with van der Waals surface area (Å²) in [4.78, 5) is 1.35. The molecule has 0 fully saturated rings. The Bertz CT molecular complexity index is 2910. The Labute approximate surface area is 312 Å². The smallest absolute Gasteiger partial charge is 0.135 e. The Morgan fingerprint density at radius 1 is 0.453 bits per heavy atom. The van der Waals surface area contributed by atoms with E-state index in [2.05, 4.69) is 158 Å². The molecule has 0 saturated carbocycles. The molecule has 53 heavy (non-hydrogen) atoms. The zero-order chi connectivity index (χ0) is 35.2. The van der Waals surface area contributed by atoms with Gasteiger partial charge in [0.2, 0.25) is 0 Å². The lowest BCUT2D eigenvalue weighted by Gasteiger charge is -2.27. The van der Waals surface area contributed by atoms with Crippen molar-refractivity contribution < 1.29 is 8.83 Å². The predicted octanol–water partition coefficient (Wildman–Crippen LogP) is 14.3. The molecule has 0 amide bonds. The molecule has 0 bridgehead atoms. The SMILES string of the molecule is Cc1ccc(-c2c3ccccc3c(C3=CC=CC4c5c(cccc5-c5c6ccccc6c(-c6ccc(C)o6)c6ccccc56)SC34)c3ccccc23)o1. The van der Waals surface area contributed by atoms with Gasteiger partial charge in [0.15, 0.2) is 0 Å². The summed E-state index contributed by atoms with van der Waals surface area (Å²) in [6, 6.07) is 50.8. The Kier molecular flexibility index (Phi) is 6.78. The summed E-state index contributed by atoms with van der Waals surface area (Å²) < 4.78 is 12.6. The molecule has 3 heterocycles. The van der Waals surface area contributed by atoms with Gasteiger partial charge in [0.05, 0.1) is 0 Å². The van der Waals surface area contributed by atoms with Gasteiger partial charge < -0.3 is 8.83 Å². The molecule has 2 aromatic heterocycles. The van der Waals surface area contributed by atoms with Gasteiger partial charge in [-0.15, -0.1) is 11.8 Å². The number of fused-ring (bicyclic) bond motifs is 7. The number of rotatable bonds is 4. The molecule has 3 heteroatoms. The number of benzene rings is 7. The molecule has 0 N–H and O–H groups in total. The van der Waals surface area contributed by atoms with Crippen LogP contribution in [0.4, 0.5) is 0 Å². The maximum absolute atomic E-state index is 6.30. The first-order valence-corrected chi connectivity index (χ1v) is 19.2. The van der Waals surface area contributed by atoms with E-state index in [4.69, 9.17) is 8.83 Å². The maximum atomic E-state index is 6.30. The first-order valence-electron chi connectivity index (χ1n) is 18.3. The second kappa shape index (κ2) is 11.7. The summed E-state index contributed by atoms with van der Waals surface area (Å²) in [6.45, 7) is 4.04. The van der Waals surface area contributed by atoms with Crippen molar-refractivity contribution in [1.29, 1.82) is 0 Å². The lowest BCUT2D eigenvalue weighted by molar-refractivity contribution is 0.549. The number of hydrogen-bond donors (Lipinski definition) is 0. The molecular formula is C50H34O2S. The largest absolute Gasteiger partial charge is 0.461 e. The van der Waals surface area contributed by atoms with Gasteiger partial charge in [-0.2, -0.15) is 0 Å². The molecule has 252 valence electrons. The molecule has 11 rings (SSSR count). The maximum Gasteiger partial charge on any atom is 0.135 e. The second-order valence-corrected chi connectivity index (χ2v) is 15.5. The van der Waals surface area contributed by atoms with Crippen LogP contribution in [-0.4, -0.2) is 5.25 Å². The molecule has 1 aliphatic carbocycles. The molecule has 0 saturated heterocycles. The normalized spacial score (nSPS) is 16.5. The quantitative estimate of drug-likeness (QED) is 0.171. The second-order valence-electron chi connectivity index (χ2n) is 14.3. The van der Waals surface area contributed by atoms with E-state index in [1.54, 1.807) is 0 Å². The van der Waals surface area contributed by atoms with Crippen molar-refractivity contribution in [2.75, 3.05) is 0 Å². The number of furan rings is 2. The number of aryl methyl sites for hydroxylation is 2. The van der Waals surface area contributed by atoms with Gasteiger partial charge >= 0.3 is 0 Å². The van der Waals surface area contributed by atoms with E-state index >= 15 is 0 Å². The molecule has 9 aromatic rings. The minimum Gasteiger partial charge on any atom is -0.461 e. The predicted molar refractivity (Wildman–Crippen MR) is 223 cm³/mol. The topological polar surface area (TPSA) is 26.3 Å². The van der Waals surface area contributed by atoms with Gasteiger partial charge in [-0.05, 0) is 115 Å². The molecule has 2 atom stereocenters. The highest BCUT2D eigenvalue weighted by molar-refractivity contribution is 8.00. The van der Waals surface area contributed by atoms with Crippen molar-refractivity contribution >= 4 is 60.4 Å². The zero-order valence-electron chi connectivity index (χ0n) is 29.4. The average Bonchev–Trinajstić information content (AvgIpc) is 3.94. The number of thioether (sulfide) groups is 1. The minimum atomic E-state index is 0.209. The van der Waals surface area contributed by atoms with Crippen LogP contribution in [0.2, 0.25) is 0 Å². The van der Waals surface area contributed by atoms with Crippen LogP contribution in [0, 0.1) is 13.8 Å². The van der Waals surface area contributed by atoms with Crippen LogP contribution < -0.4 is 0 Å². The van der Waals surface area contributed by atoms with Gasteiger partial charge in [-0.1, -0.05) is 127 Å². The summed E-state index contributed by atoms with van der Waals surface area (Å²) in [5.41, 5.74) is 9.02. The Morgan fingerprint density at radius 2 is 0.906 bits per heavy atom. The minimum absolute atomic E-state index is 0.209. The van der Waals surface area contributed by atoms with Crippen molar-refractivity contribution in [2.24, 2.45) is 0 Å². The fraction of sp³-hybridized carbons (Fsp3) is 0.0800. The summed E-state index contributed by atoms with van der Waals surface area (Å²) in [6.07, 6.45) is 7.11. The van der Waals surface area contributed by atoms with Gasteiger partial charge in [0.25, 0.3) is 0 Å². The van der Waals surface area contributed by atoms with Gasteiger partial charge in [0, 0.05) is 27.2 Å². The lowest BCUT2D eigenvalue weighted by atomic mass is 9.78. The molecule has 0 spiro atoms. The standard InChI is InChI=1S/C50H34O2S/c1-29-25-27-42(51-29)47-35-17-7-3-13-31(35)45(32-14-4-8-18-36(32)47)39-21-12-24-44-49(39)41-23-11-22-40(50(41)53-44)46-33-15-5-9-19-37(33)48(43-28-26-30(2)52-43)38-20-10-6-16-34(38)46/h3-28,41,50H,1-2H3. The Morgan fingerprint density at radius 3 is 1.36 bits per heavy atom. The third-order valence-corrected chi connectivity index (χ3v) is 12.7. The van der Waals surface area contributed by atoms with Crippen molar-refractivity contribution in [3.8, 4) is 33.8 Å². The number of hydrogen-bond acceptors (Lipinski definition) is 3. The highest BCUT2D eigenvalue weighted by Crippen LogP contribution is 2.58. The summed E-state index contributed by atoms with van der Waals surface area (Å²) in [7, 11) is 0. The van der Waals surface area contributed by atoms with Gasteiger partial charge in [-0.3, -0.25) is 0 Å². The van der Waals surface area contributed by atoms with Crippen LogP contribution in [0.25, 0.3) is 82.4 Å². The molecule has 7 aromatic carbocycles. The molecule has 2 unspecified atom stereocenters. The first-order chi connectivity index (χ1) is 26.1. The van der Waals surface area contributed by atoms with Crippen LogP contribution in [0.15, 0.2) is 171 Å². The van der Waals surface area contributed by atoms with Crippen LogP contribution in [0.3, 0.4) is 0 Å². The third-order valence-electron chi connectivity index (χ3n) is 11.3.